The lowest BCUT2D eigenvalue weighted by atomic mass is 10.1. The largest absolute Gasteiger partial charge is 0.329 e. The third-order valence-corrected chi connectivity index (χ3v) is 6.10. The molecule has 1 amide bonds. The third kappa shape index (κ3) is 4.05. The lowest BCUT2D eigenvalue weighted by Gasteiger charge is -2.08. The molecule has 9 heteroatoms. The van der Waals surface area contributed by atoms with Crippen molar-refractivity contribution in [2.75, 3.05) is 5.32 Å². The Kier molecular flexibility index (Phi) is 5.52. The Bertz CT molecular complexity index is 1370. The number of rotatable bonds is 5. The highest BCUT2D eigenvalue weighted by Crippen LogP contribution is 2.26. The van der Waals surface area contributed by atoms with Gasteiger partial charge in [0, 0.05) is 22.5 Å². The number of carbonyl (C=O) groups excluding carboxylic acids is 1. The normalized spacial score (nSPS) is 11.0. The molecule has 2 aromatic carbocycles. The first kappa shape index (κ1) is 20.1. The van der Waals surface area contributed by atoms with Crippen LogP contribution >= 0.6 is 22.9 Å². The molecule has 0 radical (unpaired) electrons. The highest BCUT2D eigenvalue weighted by atomic mass is 35.5. The van der Waals surface area contributed by atoms with Crippen molar-refractivity contribution in [3.63, 3.8) is 0 Å². The number of benzene rings is 2. The molecule has 2 aromatic heterocycles. The van der Waals surface area contributed by atoms with Gasteiger partial charge in [-0.2, -0.15) is 0 Å². The van der Waals surface area contributed by atoms with Crippen LogP contribution in [0.25, 0.3) is 10.9 Å². The molecule has 0 aliphatic heterocycles. The van der Waals surface area contributed by atoms with Crippen molar-refractivity contribution < 1.29 is 4.79 Å². The van der Waals surface area contributed by atoms with Crippen molar-refractivity contribution in [3.8, 4) is 0 Å². The van der Waals surface area contributed by atoms with E-state index in [2.05, 4.69) is 15.3 Å². The van der Waals surface area contributed by atoms with Gasteiger partial charge in [-0.1, -0.05) is 41.9 Å². The molecule has 2 N–H and O–H groups in total. The second-order valence-electron chi connectivity index (χ2n) is 6.77. The van der Waals surface area contributed by atoms with Crippen LogP contribution in [-0.2, 0) is 17.8 Å². The molecule has 0 unspecified atom stereocenters. The number of H-pyrrole nitrogens is 1. The predicted molar refractivity (Wildman–Crippen MR) is 119 cm³/mol. The minimum Gasteiger partial charge on any atom is -0.300 e. The first-order chi connectivity index (χ1) is 14.4. The number of aromatic amines is 1. The first-order valence-electron chi connectivity index (χ1n) is 9.13. The fraction of sp³-hybridized carbons (Fsp3) is 0.143. The zero-order valence-corrected chi connectivity index (χ0v) is 17.5. The second-order valence-corrected chi connectivity index (χ2v) is 8.26. The van der Waals surface area contributed by atoms with E-state index in [0.717, 1.165) is 21.0 Å². The molecular formula is C21H17ClN4O3S. The average molecular weight is 441 g/mol. The molecule has 0 saturated heterocycles. The maximum absolute atomic E-state index is 12.5. The SMILES string of the molecule is Cc1cccc(Cc2cnc(NC(=O)Cn3c(=O)[nH]c(=O)c4ccccc43)s2)c1Cl. The minimum atomic E-state index is -0.636. The number of aromatic nitrogens is 3. The van der Waals surface area contributed by atoms with E-state index in [0.29, 0.717) is 22.5 Å². The molecule has 0 aliphatic rings. The van der Waals surface area contributed by atoms with Gasteiger partial charge in [0.15, 0.2) is 5.13 Å². The number of aryl methyl sites for hydroxylation is 1. The molecule has 0 bridgehead atoms. The quantitative estimate of drug-likeness (QED) is 0.497. The number of carbonyl (C=O) groups is 1. The summed E-state index contributed by atoms with van der Waals surface area (Å²) in [7, 11) is 0. The molecule has 0 aliphatic carbocycles. The molecular weight excluding hydrogens is 424 g/mol. The fourth-order valence-corrected chi connectivity index (χ4v) is 4.23. The van der Waals surface area contributed by atoms with E-state index in [-0.39, 0.29) is 6.54 Å². The molecule has 152 valence electrons. The maximum atomic E-state index is 12.5. The summed E-state index contributed by atoms with van der Waals surface area (Å²) < 4.78 is 1.23. The van der Waals surface area contributed by atoms with Crippen molar-refractivity contribution in [2.24, 2.45) is 0 Å². The van der Waals surface area contributed by atoms with Crippen LogP contribution in [-0.4, -0.2) is 20.4 Å². The molecule has 0 atom stereocenters. The smallest absolute Gasteiger partial charge is 0.300 e. The number of amides is 1. The van der Waals surface area contributed by atoms with Crippen molar-refractivity contribution in [1.29, 1.82) is 0 Å². The van der Waals surface area contributed by atoms with Crippen LogP contribution in [0.3, 0.4) is 0 Å². The number of halogens is 1. The number of nitrogens with one attached hydrogen (secondary N) is 2. The van der Waals surface area contributed by atoms with Crippen LogP contribution in [0.5, 0.6) is 0 Å². The third-order valence-electron chi connectivity index (χ3n) is 4.64. The molecule has 0 spiro atoms. The van der Waals surface area contributed by atoms with Gasteiger partial charge in [0.25, 0.3) is 5.56 Å². The molecule has 4 aromatic rings. The minimum absolute atomic E-state index is 0.241. The number of hydrogen-bond donors (Lipinski definition) is 2. The summed E-state index contributed by atoms with van der Waals surface area (Å²) >= 11 is 7.70. The Hall–Kier alpha value is -3.23. The standard InChI is InChI=1S/C21H17ClN4O3S/c1-12-5-4-6-13(18(12)22)9-14-10-23-20(30-14)24-17(27)11-26-16-8-3-2-7-15(16)19(28)25-21(26)29/h2-8,10H,9,11H2,1H3,(H,23,24,27)(H,25,28,29). The van der Waals surface area contributed by atoms with E-state index in [1.165, 1.54) is 15.9 Å². The van der Waals surface area contributed by atoms with Crippen LogP contribution in [0.2, 0.25) is 5.02 Å². The van der Waals surface area contributed by atoms with E-state index in [1.54, 1.807) is 30.5 Å². The predicted octanol–water partition coefficient (Wildman–Crippen LogP) is 3.34. The van der Waals surface area contributed by atoms with Gasteiger partial charge in [-0.05, 0) is 30.2 Å². The Balaban J connectivity index is 1.51. The van der Waals surface area contributed by atoms with Gasteiger partial charge < -0.3 is 5.32 Å². The van der Waals surface area contributed by atoms with E-state index in [1.807, 2.05) is 25.1 Å². The summed E-state index contributed by atoms with van der Waals surface area (Å²) in [5.74, 6) is -0.413. The molecule has 0 fully saturated rings. The summed E-state index contributed by atoms with van der Waals surface area (Å²) in [5.41, 5.74) is 1.28. The number of fused-ring (bicyclic) bond motifs is 1. The first-order valence-corrected chi connectivity index (χ1v) is 10.3. The zero-order valence-electron chi connectivity index (χ0n) is 15.9. The monoisotopic (exact) mass is 440 g/mol. The molecule has 30 heavy (non-hydrogen) atoms. The summed E-state index contributed by atoms with van der Waals surface area (Å²) in [6, 6.07) is 12.5. The van der Waals surface area contributed by atoms with E-state index in [9.17, 15) is 14.4 Å². The van der Waals surface area contributed by atoms with Gasteiger partial charge in [-0.3, -0.25) is 19.1 Å². The Morgan fingerprint density at radius 1 is 1.20 bits per heavy atom. The number of para-hydroxylation sites is 1. The average Bonchev–Trinajstić information content (AvgIpc) is 3.15. The van der Waals surface area contributed by atoms with Gasteiger partial charge in [-0.15, -0.1) is 11.3 Å². The Morgan fingerprint density at radius 2 is 2.00 bits per heavy atom. The zero-order chi connectivity index (χ0) is 21.3. The summed E-state index contributed by atoms with van der Waals surface area (Å²) in [6.45, 7) is 1.71. The fourth-order valence-electron chi connectivity index (χ4n) is 3.18. The van der Waals surface area contributed by atoms with Crippen LogP contribution < -0.4 is 16.6 Å². The van der Waals surface area contributed by atoms with Crippen molar-refractivity contribution in [3.05, 3.63) is 90.5 Å². The van der Waals surface area contributed by atoms with Crippen LogP contribution in [0.15, 0.2) is 58.3 Å². The van der Waals surface area contributed by atoms with Crippen LogP contribution in [0.1, 0.15) is 16.0 Å². The topological polar surface area (TPSA) is 96.8 Å². The molecule has 4 rings (SSSR count). The number of hydrogen-bond acceptors (Lipinski definition) is 5. The van der Waals surface area contributed by atoms with Gasteiger partial charge in [0.2, 0.25) is 5.91 Å². The van der Waals surface area contributed by atoms with E-state index in [4.69, 9.17) is 11.6 Å². The van der Waals surface area contributed by atoms with Crippen molar-refractivity contribution >= 4 is 44.9 Å². The van der Waals surface area contributed by atoms with Gasteiger partial charge in [0.05, 0.1) is 10.9 Å². The lowest BCUT2D eigenvalue weighted by molar-refractivity contribution is -0.116. The number of nitrogens with zero attached hydrogens (tertiary/aromatic N) is 2. The van der Waals surface area contributed by atoms with Crippen molar-refractivity contribution in [1.82, 2.24) is 14.5 Å². The second kappa shape index (κ2) is 8.25. The summed E-state index contributed by atoms with van der Waals surface area (Å²) in [5, 5.41) is 4.21. The highest BCUT2D eigenvalue weighted by molar-refractivity contribution is 7.15. The maximum Gasteiger partial charge on any atom is 0.329 e. The van der Waals surface area contributed by atoms with Gasteiger partial charge in [-0.25, -0.2) is 9.78 Å². The van der Waals surface area contributed by atoms with E-state index >= 15 is 0 Å². The van der Waals surface area contributed by atoms with Crippen LogP contribution in [0.4, 0.5) is 5.13 Å². The Labute approximate surface area is 180 Å². The summed E-state index contributed by atoms with van der Waals surface area (Å²) in [6.07, 6.45) is 2.30. The number of thiazole rings is 1. The molecule has 0 saturated carbocycles. The Morgan fingerprint density at radius 3 is 2.83 bits per heavy atom. The highest BCUT2D eigenvalue weighted by Gasteiger charge is 2.13. The lowest BCUT2D eigenvalue weighted by Crippen LogP contribution is -2.33. The molecule has 7 nitrogen and oxygen atoms in total. The van der Waals surface area contributed by atoms with Crippen LogP contribution in [0, 0.1) is 6.92 Å². The molecule has 2 heterocycles. The number of anilines is 1. The van der Waals surface area contributed by atoms with Gasteiger partial charge in [0.1, 0.15) is 6.54 Å². The van der Waals surface area contributed by atoms with E-state index < -0.39 is 17.2 Å². The van der Waals surface area contributed by atoms with Crippen molar-refractivity contribution in [2.45, 2.75) is 19.9 Å². The van der Waals surface area contributed by atoms with Gasteiger partial charge >= 0.3 is 5.69 Å². The summed E-state index contributed by atoms with van der Waals surface area (Å²) in [4.78, 5) is 44.1.